The van der Waals surface area contributed by atoms with E-state index >= 15 is 0 Å². The van der Waals surface area contributed by atoms with Crippen LogP contribution in [0.3, 0.4) is 0 Å². The zero-order valence-corrected chi connectivity index (χ0v) is 15.9. The van der Waals surface area contributed by atoms with Crippen LogP contribution < -0.4 is 15.4 Å². The molecular formula is C21H23N3O4. The summed E-state index contributed by atoms with van der Waals surface area (Å²) in [5.74, 6) is 0.668. The van der Waals surface area contributed by atoms with E-state index in [1.54, 1.807) is 6.08 Å². The Morgan fingerprint density at radius 3 is 2.54 bits per heavy atom. The fourth-order valence-corrected chi connectivity index (χ4v) is 3.01. The molecule has 1 heterocycles. The third-order valence-corrected chi connectivity index (χ3v) is 4.61. The monoisotopic (exact) mass is 381 g/mol. The Kier molecular flexibility index (Phi) is 5.75. The molecule has 0 aromatic heterocycles. The number of carbonyl (C=O) groups excluding carboxylic acids is 1. The van der Waals surface area contributed by atoms with Crippen molar-refractivity contribution in [1.29, 1.82) is 0 Å². The second-order valence-corrected chi connectivity index (χ2v) is 6.94. The summed E-state index contributed by atoms with van der Waals surface area (Å²) in [4.78, 5) is 25.1. The smallest absolute Gasteiger partial charge is 0.294 e. The summed E-state index contributed by atoms with van der Waals surface area (Å²) in [6.07, 6.45) is 2.26. The number of carbonyl (C=O) groups is 1. The van der Waals surface area contributed by atoms with Crippen LogP contribution in [-0.4, -0.2) is 23.9 Å². The normalized spacial score (nSPS) is 14.9. The van der Waals surface area contributed by atoms with Gasteiger partial charge < -0.3 is 15.4 Å². The maximum Gasteiger partial charge on any atom is 0.294 e. The molecule has 7 nitrogen and oxygen atoms in total. The third-order valence-electron chi connectivity index (χ3n) is 4.61. The average molecular weight is 381 g/mol. The Morgan fingerprint density at radius 1 is 1.21 bits per heavy atom. The largest absolute Gasteiger partial charge is 0.449 e. The summed E-state index contributed by atoms with van der Waals surface area (Å²) in [5, 5.41) is 11.1. The number of nitrogens with two attached hydrogens (primary N) is 1. The summed E-state index contributed by atoms with van der Waals surface area (Å²) >= 11 is 0. The second-order valence-electron chi connectivity index (χ2n) is 6.94. The first-order valence-corrected chi connectivity index (χ1v) is 9.20. The summed E-state index contributed by atoms with van der Waals surface area (Å²) in [5.41, 5.74) is 7.94. The summed E-state index contributed by atoms with van der Waals surface area (Å²) in [6.45, 7) is 5.00. The van der Waals surface area contributed by atoms with Gasteiger partial charge in [0.05, 0.1) is 10.6 Å². The predicted molar refractivity (Wildman–Crippen MR) is 108 cm³/mol. The maximum absolute atomic E-state index is 13.0. The molecule has 0 aliphatic carbocycles. The van der Waals surface area contributed by atoms with Gasteiger partial charge in [-0.05, 0) is 42.2 Å². The minimum Gasteiger partial charge on any atom is -0.449 e. The fraction of sp³-hybridized carbons (Fsp3) is 0.286. The Balaban J connectivity index is 1.98. The lowest BCUT2D eigenvalue weighted by Gasteiger charge is -2.30. The van der Waals surface area contributed by atoms with Crippen molar-refractivity contribution in [3.8, 4) is 5.75 Å². The highest BCUT2D eigenvalue weighted by Crippen LogP contribution is 2.38. The molecular weight excluding hydrogens is 358 g/mol. The molecule has 0 bridgehead atoms. The Morgan fingerprint density at radius 2 is 1.93 bits per heavy atom. The maximum atomic E-state index is 13.0. The molecule has 146 valence electrons. The standard InChI is InChI=1S/C21H23N3O4/c1-14(2)16-6-4-15(5-7-16)12-20-21(25)23(11-3-10-22)18-13-17(24(26)27)8-9-19(18)28-20/h4-9,12-14H,3,10-11,22H2,1-2H3/b20-12+. The SMILES string of the molecule is CC(C)c1ccc(/C=C2/Oc3ccc([N+](=O)[O-])cc3N(CCCN)C2=O)cc1. The molecule has 2 aromatic rings. The minimum atomic E-state index is -0.493. The minimum absolute atomic E-state index is 0.0930. The Hall–Kier alpha value is -3.19. The number of anilines is 1. The van der Waals surface area contributed by atoms with Gasteiger partial charge in [0, 0.05) is 18.7 Å². The van der Waals surface area contributed by atoms with E-state index in [2.05, 4.69) is 13.8 Å². The van der Waals surface area contributed by atoms with Crippen LogP contribution in [0, 0.1) is 10.1 Å². The van der Waals surface area contributed by atoms with E-state index in [4.69, 9.17) is 10.5 Å². The first kappa shape index (κ1) is 19.6. The molecule has 2 aromatic carbocycles. The molecule has 0 saturated carbocycles. The van der Waals surface area contributed by atoms with Crippen molar-refractivity contribution < 1.29 is 14.5 Å². The number of rotatable bonds is 6. The number of ether oxygens (including phenoxy) is 1. The lowest BCUT2D eigenvalue weighted by molar-refractivity contribution is -0.384. The molecule has 0 fully saturated rings. The van der Waals surface area contributed by atoms with Crippen LogP contribution in [0.2, 0.25) is 0 Å². The first-order valence-electron chi connectivity index (χ1n) is 9.20. The molecule has 0 unspecified atom stereocenters. The zero-order valence-electron chi connectivity index (χ0n) is 15.9. The van der Waals surface area contributed by atoms with Crippen LogP contribution >= 0.6 is 0 Å². The Bertz CT molecular complexity index is 920. The molecule has 1 aliphatic rings. The summed E-state index contributed by atoms with van der Waals surface area (Å²) in [6, 6.07) is 12.2. The number of nitro groups is 1. The number of fused-ring (bicyclic) bond motifs is 1. The number of nitrogens with zero attached hydrogens (tertiary/aromatic N) is 2. The number of non-ortho nitro benzene ring substituents is 1. The van der Waals surface area contributed by atoms with E-state index in [-0.39, 0.29) is 17.4 Å². The quantitative estimate of drug-likeness (QED) is 0.466. The topological polar surface area (TPSA) is 98.7 Å². The molecule has 0 radical (unpaired) electrons. The number of hydrogen-bond acceptors (Lipinski definition) is 5. The van der Waals surface area contributed by atoms with Gasteiger partial charge in [-0.2, -0.15) is 0 Å². The highest BCUT2D eigenvalue weighted by atomic mass is 16.6. The van der Waals surface area contributed by atoms with Gasteiger partial charge in [-0.25, -0.2) is 0 Å². The molecule has 3 rings (SSSR count). The van der Waals surface area contributed by atoms with Crippen molar-refractivity contribution in [2.75, 3.05) is 18.0 Å². The Labute approximate surface area is 163 Å². The molecule has 0 atom stereocenters. The van der Waals surface area contributed by atoms with Crippen molar-refractivity contribution in [2.45, 2.75) is 26.2 Å². The number of hydrogen-bond donors (Lipinski definition) is 1. The predicted octanol–water partition coefficient (Wildman–Crippen LogP) is 3.83. The highest BCUT2D eigenvalue weighted by molar-refractivity contribution is 6.10. The number of nitro benzene ring substituents is 1. The van der Waals surface area contributed by atoms with Crippen molar-refractivity contribution in [2.24, 2.45) is 5.73 Å². The summed E-state index contributed by atoms with van der Waals surface area (Å²) < 4.78 is 5.79. The van der Waals surface area contributed by atoms with E-state index in [0.29, 0.717) is 36.9 Å². The fourth-order valence-electron chi connectivity index (χ4n) is 3.01. The zero-order chi connectivity index (χ0) is 20.3. The third kappa shape index (κ3) is 4.04. The molecule has 1 aliphatic heterocycles. The lowest BCUT2D eigenvalue weighted by Crippen LogP contribution is -2.38. The van der Waals surface area contributed by atoms with Gasteiger partial charge in [0.1, 0.15) is 0 Å². The van der Waals surface area contributed by atoms with Gasteiger partial charge in [-0.15, -0.1) is 0 Å². The van der Waals surface area contributed by atoms with E-state index in [1.807, 2.05) is 24.3 Å². The van der Waals surface area contributed by atoms with Gasteiger partial charge in [-0.1, -0.05) is 38.1 Å². The van der Waals surface area contributed by atoms with E-state index in [0.717, 1.165) is 5.56 Å². The first-order chi connectivity index (χ1) is 13.4. The van der Waals surface area contributed by atoms with Gasteiger partial charge >= 0.3 is 0 Å². The van der Waals surface area contributed by atoms with Gasteiger partial charge in [0.2, 0.25) is 0 Å². The second kappa shape index (κ2) is 8.22. The van der Waals surface area contributed by atoms with Gasteiger partial charge in [0.25, 0.3) is 11.6 Å². The molecule has 0 spiro atoms. The molecule has 0 saturated heterocycles. The van der Waals surface area contributed by atoms with Crippen molar-refractivity contribution in [3.63, 3.8) is 0 Å². The van der Waals surface area contributed by atoms with Crippen molar-refractivity contribution in [1.82, 2.24) is 0 Å². The van der Waals surface area contributed by atoms with Gasteiger partial charge in [0.15, 0.2) is 11.5 Å². The molecule has 7 heteroatoms. The molecule has 1 amide bonds. The number of amides is 1. The van der Waals surface area contributed by atoms with Crippen LogP contribution in [0.1, 0.15) is 37.3 Å². The molecule has 2 N–H and O–H groups in total. The van der Waals surface area contributed by atoms with Crippen LogP contribution in [0.4, 0.5) is 11.4 Å². The van der Waals surface area contributed by atoms with Crippen LogP contribution in [-0.2, 0) is 4.79 Å². The highest BCUT2D eigenvalue weighted by Gasteiger charge is 2.31. The van der Waals surface area contributed by atoms with Crippen molar-refractivity contribution in [3.05, 3.63) is 69.5 Å². The number of benzene rings is 2. The average Bonchev–Trinajstić information content (AvgIpc) is 2.68. The van der Waals surface area contributed by atoms with Crippen LogP contribution in [0.15, 0.2) is 48.2 Å². The van der Waals surface area contributed by atoms with E-state index < -0.39 is 4.92 Å². The lowest BCUT2D eigenvalue weighted by atomic mass is 10.0. The van der Waals surface area contributed by atoms with Gasteiger partial charge in [-0.3, -0.25) is 14.9 Å². The molecule has 28 heavy (non-hydrogen) atoms. The van der Waals surface area contributed by atoms with Crippen molar-refractivity contribution >= 4 is 23.4 Å². The van der Waals surface area contributed by atoms with E-state index in [1.165, 1.54) is 28.7 Å². The van der Waals surface area contributed by atoms with Crippen LogP contribution in [0.5, 0.6) is 5.75 Å². The summed E-state index contributed by atoms with van der Waals surface area (Å²) in [7, 11) is 0. The van der Waals surface area contributed by atoms with E-state index in [9.17, 15) is 14.9 Å². The van der Waals surface area contributed by atoms with Crippen LogP contribution in [0.25, 0.3) is 6.08 Å².